The molecule has 0 atom stereocenters. The predicted molar refractivity (Wildman–Crippen MR) is 356 cm³/mol. The fraction of sp³-hybridized carbons (Fsp3) is 0.530. The highest BCUT2D eigenvalue weighted by Gasteiger charge is 2.35. The molecule has 0 aliphatic heterocycles. The summed E-state index contributed by atoms with van der Waals surface area (Å²) in [7, 11) is 2.19. The molecule has 0 spiro atoms. The van der Waals surface area contributed by atoms with Crippen molar-refractivity contribution in [2.24, 2.45) is 0 Å². The Kier molecular flexibility index (Phi) is 30.9. The summed E-state index contributed by atoms with van der Waals surface area (Å²) in [6.45, 7) is 14.7. The third-order valence-corrected chi connectivity index (χ3v) is 17.3. The van der Waals surface area contributed by atoms with E-state index in [1.807, 2.05) is 0 Å². The van der Waals surface area contributed by atoms with E-state index < -0.39 is 99.4 Å². The maximum atomic E-state index is 12.8. The molecule has 2 amide bonds. The number of hydrogen-bond donors (Lipinski definition) is 2. The minimum atomic E-state index is -1.43. The Hall–Kier alpha value is -9.07. The molecule has 0 radical (unpaired) electrons. The third kappa shape index (κ3) is 23.6. The molecule has 5 rings (SSSR count). The van der Waals surface area contributed by atoms with Gasteiger partial charge in [0.2, 0.25) is 11.8 Å². The Labute approximate surface area is 537 Å². The van der Waals surface area contributed by atoms with Crippen molar-refractivity contribution in [3.63, 3.8) is 0 Å². The van der Waals surface area contributed by atoms with Gasteiger partial charge in [-0.25, -0.2) is 4.57 Å². The van der Waals surface area contributed by atoms with E-state index in [2.05, 4.69) is 126 Å². The first kappa shape index (κ1) is 73.7. The third-order valence-electron chi connectivity index (χ3n) is 17.3. The van der Waals surface area contributed by atoms with Crippen LogP contribution in [0.4, 0.5) is 51.2 Å². The van der Waals surface area contributed by atoms with Gasteiger partial charge in [-0.15, -0.1) is 0 Å². The molecular weight excluding hydrogens is 1180 g/mol. The first-order valence-corrected chi connectivity index (χ1v) is 32.5. The lowest BCUT2D eigenvalue weighted by molar-refractivity contribution is -0.925. The molecule has 0 unspecified atom stereocenters. The van der Waals surface area contributed by atoms with Crippen molar-refractivity contribution < 1.29 is 48.2 Å². The largest absolute Gasteiger partial charge is 0.635 e. The number of aryl methyl sites for hydroxylation is 1. The van der Waals surface area contributed by atoms with E-state index in [1.54, 1.807) is 0 Å². The van der Waals surface area contributed by atoms with Crippen molar-refractivity contribution in [1.82, 2.24) is 10.6 Å². The monoisotopic (exact) mass is 1280 g/mol. The number of non-ortho nitro benzene ring substituents is 1. The number of unbranched alkanes of at least 4 members (excludes halogenated alkanes) is 17. The number of hydrogen-bond acceptors (Lipinski definition) is 15. The first-order chi connectivity index (χ1) is 44.2. The average Bonchev–Trinajstić information content (AvgIpc) is 0.782. The van der Waals surface area contributed by atoms with Crippen LogP contribution in [0.15, 0.2) is 79.1 Å². The van der Waals surface area contributed by atoms with Gasteiger partial charge in [0.05, 0.1) is 80.3 Å². The fourth-order valence-corrected chi connectivity index (χ4v) is 11.5. The molecule has 498 valence electrons. The molecule has 0 aliphatic carbocycles. The maximum absolute atomic E-state index is 12.8. The highest BCUT2D eigenvalue weighted by atomic mass is 16.6. The summed E-state index contributed by atoms with van der Waals surface area (Å²) in [5.74, 6) is -0.575. The zero-order valence-corrected chi connectivity index (χ0v) is 53.8. The molecule has 0 saturated heterocycles. The molecule has 2 N–H and O–H groups in total. The van der Waals surface area contributed by atoms with Crippen LogP contribution in [0, 0.1) is 60.7 Å². The van der Waals surface area contributed by atoms with Crippen molar-refractivity contribution in [3.8, 4) is 0 Å². The standard InChI is InChI=1S/C66H90N12O14/c1-5-78(6-2,7-3)45-27-42-71-43-37-51(38-44-71)29-30-52-31-32-54-47-55(34-33-53(54)46-52)70(4)41-26-22-18-14-9-8-12-16-20-24-39-67-62(79)28-23-19-15-11-10-13-17-21-25-40-68-63(80)36-35-57-58(73(83)84)50-61(76(89)90)65(66(57)77(91)92)69-64-59(74(85)86)48-56(72(81)82)49-60(64)75(87)88/h29-34,37-38,43-44,46-50H,5-28,35-36,39-42,45H2,1-4H3,(H-,67,68,79,80)/p+1. The molecule has 4 aromatic carbocycles. The lowest BCUT2D eigenvalue weighted by Crippen LogP contribution is -2.49. The van der Waals surface area contributed by atoms with E-state index in [9.17, 15) is 70.3 Å². The number of fused-ring (bicyclic) bond motifs is 1. The zero-order valence-electron chi connectivity index (χ0n) is 53.8. The number of amides is 2. The maximum Gasteiger partial charge on any atom is 0.286 e. The molecule has 5 aromatic rings. The Bertz CT molecular complexity index is 3300. The molecular formula is C66H91N12O14+. The van der Waals surface area contributed by atoms with E-state index >= 15 is 0 Å². The smallest absolute Gasteiger partial charge is 0.286 e. The second kappa shape index (κ2) is 38.6. The number of rotatable bonds is 46. The highest BCUT2D eigenvalue weighted by Crippen LogP contribution is 2.54. The summed E-state index contributed by atoms with van der Waals surface area (Å²) in [6, 6.07) is 18.7. The quantitative estimate of drug-likeness (QED) is 0.0120. The number of quaternary nitrogens is 1. The number of aromatic nitrogens is 1. The van der Waals surface area contributed by atoms with Crippen LogP contribution in [0.25, 0.3) is 28.2 Å². The lowest BCUT2D eigenvalue weighted by atomic mass is 10.0. The zero-order chi connectivity index (χ0) is 67.0. The number of nitro benzene ring substituents is 6. The van der Waals surface area contributed by atoms with Crippen LogP contribution in [0.3, 0.4) is 0 Å². The predicted octanol–water partition coefficient (Wildman–Crippen LogP) is 15.5. The number of benzene rings is 4. The van der Waals surface area contributed by atoms with Crippen LogP contribution in [-0.4, -0.2) is 98.7 Å². The molecule has 1 aromatic heterocycles. The van der Waals surface area contributed by atoms with Gasteiger partial charge < -0.3 is 25.3 Å². The summed E-state index contributed by atoms with van der Waals surface area (Å²) in [4.78, 5) is 91.5. The Morgan fingerprint density at radius 2 is 0.967 bits per heavy atom. The summed E-state index contributed by atoms with van der Waals surface area (Å²) in [5, 5.41) is 83.3. The van der Waals surface area contributed by atoms with Gasteiger partial charge in [0.25, 0.3) is 34.1 Å². The number of carbonyl (C=O) groups excluding carboxylic acids is 2. The van der Waals surface area contributed by atoms with Gasteiger partial charge in [-0.3, -0.25) is 70.3 Å². The van der Waals surface area contributed by atoms with Gasteiger partial charge in [0, 0.05) is 68.7 Å². The molecule has 0 fully saturated rings. The van der Waals surface area contributed by atoms with E-state index in [1.165, 1.54) is 116 Å². The molecule has 92 heavy (non-hydrogen) atoms. The number of anilines is 1. The van der Waals surface area contributed by atoms with Crippen LogP contribution in [-0.2, 0) is 22.6 Å². The Morgan fingerprint density at radius 3 is 1.48 bits per heavy atom. The number of nitro groups is 6. The first-order valence-electron chi connectivity index (χ1n) is 32.5. The van der Waals surface area contributed by atoms with Gasteiger partial charge >= 0.3 is 0 Å². The second-order valence-corrected chi connectivity index (χ2v) is 23.5. The fourth-order valence-electron chi connectivity index (χ4n) is 11.5. The van der Waals surface area contributed by atoms with Gasteiger partial charge in [0.15, 0.2) is 18.9 Å². The van der Waals surface area contributed by atoms with Crippen LogP contribution >= 0.6 is 0 Å². The summed E-state index contributed by atoms with van der Waals surface area (Å²) in [5.41, 5.74) is -7.81. The van der Waals surface area contributed by atoms with Crippen molar-refractivity contribution in [2.75, 3.05) is 57.8 Å². The summed E-state index contributed by atoms with van der Waals surface area (Å²) >= 11 is 0. The van der Waals surface area contributed by atoms with Crippen LogP contribution in [0.2, 0.25) is 0 Å². The minimum absolute atomic E-state index is 0.0960. The molecule has 0 saturated carbocycles. The van der Waals surface area contributed by atoms with E-state index in [0.717, 1.165) is 77.3 Å². The van der Waals surface area contributed by atoms with Gasteiger partial charge in [-0.1, -0.05) is 127 Å². The topological polar surface area (TPSA) is 338 Å². The summed E-state index contributed by atoms with van der Waals surface area (Å²) in [6.07, 6.45) is 29.2. The van der Waals surface area contributed by atoms with Gasteiger partial charge in [-0.05, 0) is 93.0 Å². The SMILES string of the molecule is CC[N+](CC)(CC)CCC[n+]1ccc(/C=C/c2ccc3cc(N(C)CCCCCCCCCCCCNC(=O)CCCCCCCCCCCNC(=O)CCc4c([N+](=O)[O-])cc([N+](=O)[O-])c([N-]c5c([N+](=O)[O-])cc([N+](=O)[O-])cc5[N+](=O)[O-])c4[N+](=O)[O-])ccc3c2)cc1. The minimum Gasteiger partial charge on any atom is -0.635 e. The van der Waals surface area contributed by atoms with Crippen molar-refractivity contribution >= 4 is 85.9 Å². The van der Waals surface area contributed by atoms with Crippen molar-refractivity contribution in [1.29, 1.82) is 0 Å². The lowest BCUT2D eigenvalue weighted by Gasteiger charge is -2.35. The van der Waals surface area contributed by atoms with E-state index in [4.69, 9.17) is 0 Å². The molecule has 0 bridgehead atoms. The van der Waals surface area contributed by atoms with Crippen LogP contribution in [0.1, 0.15) is 179 Å². The molecule has 1 heterocycles. The highest BCUT2D eigenvalue weighted by molar-refractivity contribution is 5.94. The van der Waals surface area contributed by atoms with E-state index in [-0.39, 0.29) is 30.7 Å². The van der Waals surface area contributed by atoms with Crippen molar-refractivity contribution in [2.45, 2.75) is 175 Å². The number of nitrogens with one attached hydrogen (secondary N) is 2. The number of carbonyl (C=O) groups is 2. The second-order valence-electron chi connectivity index (χ2n) is 23.5. The number of pyridine rings is 1. The molecule has 26 heteroatoms. The van der Waals surface area contributed by atoms with Crippen LogP contribution < -0.4 is 20.1 Å². The average molecular weight is 1280 g/mol. The normalized spacial score (nSPS) is 11.4. The number of nitrogens with zero attached hydrogens (tertiary/aromatic N) is 10. The van der Waals surface area contributed by atoms with Gasteiger partial charge in [-0.2, -0.15) is 0 Å². The van der Waals surface area contributed by atoms with E-state index in [0.29, 0.717) is 19.4 Å². The molecule has 26 nitrogen and oxygen atoms in total. The Balaban J connectivity index is 0.849. The Morgan fingerprint density at radius 1 is 0.500 bits per heavy atom. The van der Waals surface area contributed by atoms with Crippen LogP contribution in [0.5, 0.6) is 0 Å². The van der Waals surface area contributed by atoms with Gasteiger partial charge in [0.1, 0.15) is 5.56 Å². The van der Waals surface area contributed by atoms with Crippen molar-refractivity contribution in [3.05, 3.63) is 162 Å². The molecule has 0 aliphatic rings. The summed E-state index contributed by atoms with van der Waals surface area (Å²) < 4.78 is 3.49.